The topological polar surface area (TPSA) is 91.3 Å². The number of sulfonamides is 1. The number of ether oxygens (including phenoxy) is 1. The molecule has 0 aliphatic carbocycles. The molecule has 1 N–H and O–H groups in total. The molecule has 0 spiro atoms. The number of carbonyl (C=O) groups excluding carboxylic acids is 1. The summed E-state index contributed by atoms with van der Waals surface area (Å²) in [5.41, 5.74) is 1.26. The molecule has 33 heavy (non-hydrogen) atoms. The predicted molar refractivity (Wildman–Crippen MR) is 130 cm³/mol. The van der Waals surface area contributed by atoms with Gasteiger partial charge in [0.25, 0.3) is 10.0 Å². The summed E-state index contributed by atoms with van der Waals surface area (Å²) in [4.78, 5) is 17.3. The third-order valence-corrected chi connectivity index (χ3v) is 8.28. The van der Waals surface area contributed by atoms with Crippen molar-refractivity contribution in [1.82, 2.24) is 15.1 Å². The van der Waals surface area contributed by atoms with Gasteiger partial charge in [0.15, 0.2) is 0 Å². The molecule has 180 valence electrons. The van der Waals surface area contributed by atoms with E-state index in [0.29, 0.717) is 55.2 Å². The smallest absolute Gasteiger partial charge is 0.285 e. The SMILES string of the molecule is COc1ccc(C2=C(C)C(N3CCC(C(=O)NCCCN4CCCC4)CC3)=NS2(=O)=O)cc1. The Hall–Kier alpha value is -2.39. The molecule has 3 heterocycles. The molecule has 2 saturated heterocycles. The normalized spacial score (nSPS) is 21.4. The lowest BCUT2D eigenvalue weighted by molar-refractivity contribution is -0.126. The molecule has 0 saturated carbocycles. The summed E-state index contributed by atoms with van der Waals surface area (Å²) in [7, 11) is -2.18. The van der Waals surface area contributed by atoms with Gasteiger partial charge in [-0.1, -0.05) is 0 Å². The number of hydrogen-bond acceptors (Lipinski definition) is 6. The molecule has 0 unspecified atom stereocenters. The van der Waals surface area contributed by atoms with Crippen LogP contribution in [0.25, 0.3) is 4.91 Å². The molecule has 1 aromatic rings. The summed E-state index contributed by atoms with van der Waals surface area (Å²) in [6.45, 7) is 7.17. The maximum atomic E-state index is 12.8. The predicted octanol–water partition coefficient (Wildman–Crippen LogP) is 2.48. The first kappa shape index (κ1) is 23.8. The number of amidine groups is 1. The molecule has 9 heteroatoms. The highest BCUT2D eigenvalue weighted by atomic mass is 32.2. The Balaban J connectivity index is 1.32. The fourth-order valence-corrected chi connectivity index (χ4v) is 6.43. The van der Waals surface area contributed by atoms with Crippen LogP contribution in [0, 0.1) is 5.92 Å². The second-order valence-corrected chi connectivity index (χ2v) is 10.6. The Morgan fingerprint density at radius 3 is 2.42 bits per heavy atom. The number of hydrogen-bond donors (Lipinski definition) is 1. The molecular weight excluding hydrogens is 440 g/mol. The van der Waals surface area contributed by atoms with E-state index in [4.69, 9.17) is 4.74 Å². The van der Waals surface area contributed by atoms with Crippen molar-refractivity contribution in [3.05, 3.63) is 35.4 Å². The second-order valence-electron chi connectivity index (χ2n) is 9.03. The minimum atomic E-state index is -3.76. The lowest BCUT2D eigenvalue weighted by Gasteiger charge is -2.33. The van der Waals surface area contributed by atoms with E-state index in [2.05, 4.69) is 14.6 Å². The molecule has 2 fully saturated rings. The van der Waals surface area contributed by atoms with E-state index < -0.39 is 10.0 Å². The van der Waals surface area contributed by atoms with Crippen molar-refractivity contribution in [3.63, 3.8) is 0 Å². The summed E-state index contributed by atoms with van der Waals surface area (Å²) in [6, 6.07) is 6.98. The number of amides is 1. The Morgan fingerprint density at radius 2 is 1.79 bits per heavy atom. The standard InChI is InChI=1S/C24H34N4O4S/c1-18-22(19-6-8-21(32-2)9-7-19)33(30,31)26-23(18)28-16-10-20(11-17-28)24(29)25-12-5-15-27-13-3-4-14-27/h6-9,20H,3-5,10-17H2,1-2H3,(H,25,29). The van der Waals surface area contributed by atoms with Gasteiger partial charge in [-0.2, -0.15) is 8.42 Å². The van der Waals surface area contributed by atoms with Crippen molar-refractivity contribution in [2.75, 3.05) is 46.4 Å². The van der Waals surface area contributed by atoms with E-state index in [1.807, 2.05) is 11.8 Å². The fourth-order valence-electron chi connectivity index (χ4n) is 4.94. The number of carbonyl (C=O) groups is 1. The summed E-state index contributed by atoms with van der Waals surface area (Å²) < 4.78 is 34.9. The molecule has 1 amide bonds. The van der Waals surface area contributed by atoms with Crippen LogP contribution in [-0.2, 0) is 14.8 Å². The highest BCUT2D eigenvalue weighted by molar-refractivity contribution is 8.00. The number of benzene rings is 1. The minimum Gasteiger partial charge on any atom is -0.497 e. The second kappa shape index (κ2) is 10.3. The third kappa shape index (κ3) is 5.41. The van der Waals surface area contributed by atoms with Crippen LogP contribution in [-0.4, -0.2) is 76.3 Å². The number of nitrogens with one attached hydrogen (secondary N) is 1. The average Bonchev–Trinajstić information content (AvgIpc) is 3.42. The van der Waals surface area contributed by atoms with Gasteiger partial charge in [-0.15, -0.1) is 4.40 Å². The summed E-state index contributed by atoms with van der Waals surface area (Å²) in [6.07, 6.45) is 4.95. The summed E-state index contributed by atoms with van der Waals surface area (Å²) in [5, 5.41) is 3.09. The third-order valence-electron chi connectivity index (χ3n) is 6.81. The molecule has 3 aliphatic rings. The zero-order valence-electron chi connectivity index (χ0n) is 19.5. The highest BCUT2D eigenvalue weighted by Gasteiger charge is 2.35. The van der Waals surface area contributed by atoms with Crippen molar-refractivity contribution in [2.24, 2.45) is 10.3 Å². The van der Waals surface area contributed by atoms with E-state index in [1.165, 1.54) is 25.9 Å². The Labute approximate surface area is 196 Å². The van der Waals surface area contributed by atoms with Crippen molar-refractivity contribution in [3.8, 4) is 5.75 Å². The zero-order valence-corrected chi connectivity index (χ0v) is 20.4. The van der Waals surface area contributed by atoms with E-state index in [-0.39, 0.29) is 16.7 Å². The first-order valence-corrected chi connectivity index (χ1v) is 13.3. The van der Waals surface area contributed by atoms with E-state index in [0.717, 1.165) is 13.0 Å². The van der Waals surface area contributed by atoms with Crippen LogP contribution >= 0.6 is 0 Å². The van der Waals surface area contributed by atoms with Crippen LogP contribution in [0.4, 0.5) is 0 Å². The fraction of sp³-hybridized carbons (Fsp3) is 0.583. The van der Waals surface area contributed by atoms with Gasteiger partial charge in [0, 0.05) is 31.1 Å². The first-order chi connectivity index (χ1) is 15.9. The van der Waals surface area contributed by atoms with Crippen molar-refractivity contribution < 1.29 is 17.9 Å². The molecular formula is C24H34N4O4S. The van der Waals surface area contributed by atoms with Crippen LogP contribution in [0.3, 0.4) is 0 Å². The Morgan fingerprint density at radius 1 is 1.12 bits per heavy atom. The van der Waals surface area contributed by atoms with E-state index in [9.17, 15) is 13.2 Å². The maximum absolute atomic E-state index is 12.8. The van der Waals surface area contributed by atoms with Gasteiger partial charge in [0.05, 0.1) is 7.11 Å². The molecule has 0 atom stereocenters. The summed E-state index contributed by atoms with van der Waals surface area (Å²) >= 11 is 0. The minimum absolute atomic E-state index is 0.0306. The van der Waals surface area contributed by atoms with Crippen molar-refractivity contribution in [2.45, 2.75) is 39.0 Å². The monoisotopic (exact) mass is 474 g/mol. The van der Waals surface area contributed by atoms with Crippen molar-refractivity contribution in [1.29, 1.82) is 0 Å². The molecule has 0 bridgehead atoms. The molecule has 0 radical (unpaired) electrons. The van der Waals surface area contributed by atoms with Gasteiger partial charge in [0.1, 0.15) is 16.5 Å². The molecule has 0 aromatic heterocycles. The van der Waals surface area contributed by atoms with Gasteiger partial charge in [-0.3, -0.25) is 4.79 Å². The van der Waals surface area contributed by atoms with Gasteiger partial charge in [-0.05, 0) is 88.5 Å². The maximum Gasteiger partial charge on any atom is 0.285 e. The van der Waals surface area contributed by atoms with Crippen LogP contribution in [0.1, 0.15) is 44.6 Å². The van der Waals surface area contributed by atoms with Crippen LogP contribution in [0.5, 0.6) is 5.75 Å². The number of methoxy groups -OCH3 is 1. The molecule has 8 nitrogen and oxygen atoms in total. The number of nitrogens with zero attached hydrogens (tertiary/aromatic N) is 3. The summed E-state index contributed by atoms with van der Waals surface area (Å²) in [5.74, 6) is 1.26. The first-order valence-electron chi connectivity index (χ1n) is 11.8. The van der Waals surface area contributed by atoms with Crippen LogP contribution < -0.4 is 10.1 Å². The average molecular weight is 475 g/mol. The largest absolute Gasteiger partial charge is 0.497 e. The number of rotatable bonds is 7. The van der Waals surface area contributed by atoms with Crippen molar-refractivity contribution >= 4 is 26.7 Å². The molecule has 4 rings (SSSR count). The Kier molecular flexibility index (Phi) is 7.38. The van der Waals surface area contributed by atoms with Gasteiger partial charge >= 0.3 is 0 Å². The zero-order chi connectivity index (χ0) is 23.4. The van der Waals surface area contributed by atoms with Gasteiger partial charge in [-0.25, -0.2) is 0 Å². The number of piperidine rings is 1. The quantitative estimate of drug-likeness (QED) is 0.611. The van der Waals surface area contributed by atoms with E-state index in [1.54, 1.807) is 31.4 Å². The Bertz CT molecular complexity index is 1020. The molecule has 1 aromatic carbocycles. The lowest BCUT2D eigenvalue weighted by atomic mass is 9.95. The molecule has 3 aliphatic heterocycles. The van der Waals surface area contributed by atoms with Gasteiger partial charge < -0.3 is 19.9 Å². The van der Waals surface area contributed by atoms with Crippen LogP contribution in [0.2, 0.25) is 0 Å². The van der Waals surface area contributed by atoms with Gasteiger partial charge in [0.2, 0.25) is 5.91 Å². The van der Waals surface area contributed by atoms with E-state index >= 15 is 0 Å². The number of likely N-dealkylation sites (tertiary alicyclic amines) is 2. The highest BCUT2D eigenvalue weighted by Crippen LogP contribution is 2.35. The van der Waals surface area contributed by atoms with Crippen LogP contribution in [0.15, 0.2) is 34.2 Å². The lowest BCUT2D eigenvalue weighted by Crippen LogP contribution is -2.43.